The van der Waals surface area contributed by atoms with Gasteiger partial charge in [0.2, 0.25) is 20.0 Å². The molecule has 0 bridgehead atoms. The Morgan fingerprint density at radius 1 is 0.824 bits per heavy atom. The lowest BCUT2D eigenvalue weighted by molar-refractivity contribution is 0.354. The van der Waals surface area contributed by atoms with Crippen LogP contribution >= 0.6 is 0 Å². The van der Waals surface area contributed by atoms with Crippen molar-refractivity contribution in [2.24, 2.45) is 0 Å². The molecule has 8 nitrogen and oxygen atoms in total. The maximum Gasteiger partial charge on any atom is 0.214 e. The summed E-state index contributed by atoms with van der Waals surface area (Å²) in [6.45, 7) is 0.749. The van der Waals surface area contributed by atoms with Crippen molar-refractivity contribution in [3.63, 3.8) is 0 Å². The molecular weight excluding hydrogens is 268 g/mol. The second kappa shape index (κ2) is 4.78. The van der Waals surface area contributed by atoms with Crippen molar-refractivity contribution in [2.45, 2.75) is 18.8 Å². The summed E-state index contributed by atoms with van der Waals surface area (Å²) in [4.78, 5) is 0. The lowest BCUT2D eigenvalue weighted by Gasteiger charge is -2.31. The molecule has 2 heterocycles. The van der Waals surface area contributed by atoms with Gasteiger partial charge in [-0.3, -0.25) is 10.6 Å². The van der Waals surface area contributed by atoms with Gasteiger partial charge in [0, 0.05) is 19.5 Å². The molecule has 0 saturated carbocycles. The number of nitrogens with one attached hydrogen (secondary N) is 4. The minimum absolute atomic E-state index is 0.0489. The van der Waals surface area contributed by atoms with Gasteiger partial charge in [0.05, 0.1) is 23.8 Å². The molecule has 0 amide bonds. The van der Waals surface area contributed by atoms with Gasteiger partial charge in [0.25, 0.3) is 0 Å². The fourth-order valence-electron chi connectivity index (χ4n) is 1.87. The molecule has 2 aliphatic heterocycles. The molecule has 0 aromatic rings. The second-order valence-corrected chi connectivity index (χ2v) is 7.87. The Morgan fingerprint density at radius 2 is 1.24 bits per heavy atom. The molecule has 4 N–H and O–H groups in total. The fraction of sp³-hybridized carbons (Fsp3) is 1.00. The summed E-state index contributed by atoms with van der Waals surface area (Å²) in [7, 11) is -6.46. The minimum atomic E-state index is -3.23. The molecule has 17 heavy (non-hydrogen) atoms. The van der Waals surface area contributed by atoms with Crippen LogP contribution in [0.2, 0.25) is 0 Å². The van der Waals surface area contributed by atoms with Crippen LogP contribution in [-0.4, -0.2) is 53.8 Å². The fourth-order valence-corrected chi connectivity index (χ4v) is 4.10. The molecule has 2 atom stereocenters. The highest BCUT2D eigenvalue weighted by molar-refractivity contribution is 7.89. The third-order valence-corrected chi connectivity index (χ3v) is 5.41. The molecule has 2 rings (SSSR count). The molecule has 0 radical (unpaired) electrons. The first kappa shape index (κ1) is 13.2. The molecule has 0 aliphatic carbocycles. The predicted octanol–water partition coefficient (Wildman–Crippen LogP) is -2.93. The lowest BCUT2D eigenvalue weighted by atomic mass is 10.3. The zero-order valence-electron chi connectivity index (χ0n) is 9.14. The van der Waals surface area contributed by atoms with Crippen LogP contribution < -0.4 is 20.1 Å². The van der Waals surface area contributed by atoms with Crippen molar-refractivity contribution < 1.29 is 16.8 Å². The Balaban J connectivity index is 1.93. The summed E-state index contributed by atoms with van der Waals surface area (Å²) in [5, 5.41) is 5.97. The quantitative estimate of drug-likeness (QED) is 0.431. The van der Waals surface area contributed by atoms with E-state index in [1.54, 1.807) is 0 Å². The Kier molecular flexibility index (Phi) is 3.71. The van der Waals surface area contributed by atoms with Gasteiger partial charge in [-0.05, 0) is 0 Å². The molecular formula is C7H16N4O4S2. The highest BCUT2D eigenvalue weighted by Gasteiger charge is 2.29. The van der Waals surface area contributed by atoms with E-state index in [2.05, 4.69) is 20.1 Å². The summed E-state index contributed by atoms with van der Waals surface area (Å²) in [6, 6.07) is 0. The smallest absolute Gasteiger partial charge is 0.214 e. The van der Waals surface area contributed by atoms with Gasteiger partial charge in [0.1, 0.15) is 0 Å². The largest absolute Gasteiger partial charge is 0.300 e. The molecule has 0 aromatic carbocycles. The SMILES string of the molecule is O=S1(=O)CCNC(CC2NCCS(=O)(=O)N2)N1. The van der Waals surface area contributed by atoms with Gasteiger partial charge in [-0.25, -0.2) is 16.8 Å². The third kappa shape index (κ3) is 3.86. The standard InChI is InChI=1S/C7H16N4O4S2/c12-16(13)3-1-8-6(10-16)5-7-9-2-4-17(14,15)11-7/h6-11H,1-5H2. The van der Waals surface area contributed by atoms with Crippen molar-refractivity contribution in [2.75, 3.05) is 24.6 Å². The van der Waals surface area contributed by atoms with E-state index < -0.39 is 32.4 Å². The summed E-state index contributed by atoms with van der Waals surface area (Å²) in [6.07, 6.45) is -0.544. The topological polar surface area (TPSA) is 116 Å². The minimum Gasteiger partial charge on any atom is -0.300 e. The average molecular weight is 284 g/mol. The molecule has 10 heteroatoms. The zero-order chi connectivity index (χ0) is 12.5. The number of hydrogen-bond acceptors (Lipinski definition) is 6. The maximum absolute atomic E-state index is 11.3. The molecule has 100 valence electrons. The van der Waals surface area contributed by atoms with Crippen LogP contribution in [0.1, 0.15) is 6.42 Å². The van der Waals surface area contributed by atoms with Crippen LogP contribution in [-0.2, 0) is 20.0 Å². The first-order chi connectivity index (χ1) is 7.86. The number of hydrogen-bond donors (Lipinski definition) is 4. The van der Waals surface area contributed by atoms with Crippen LogP contribution in [0.5, 0.6) is 0 Å². The normalized spacial score (nSPS) is 36.5. The van der Waals surface area contributed by atoms with E-state index in [0.717, 1.165) is 0 Å². The summed E-state index contributed by atoms with van der Waals surface area (Å²) in [5.41, 5.74) is 0. The van der Waals surface area contributed by atoms with Crippen LogP contribution in [0.25, 0.3) is 0 Å². The van der Waals surface area contributed by atoms with Gasteiger partial charge >= 0.3 is 0 Å². The first-order valence-electron chi connectivity index (χ1n) is 5.33. The van der Waals surface area contributed by atoms with Crippen molar-refractivity contribution >= 4 is 20.0 Å². The summed E-state index contributed by atoms with van der Waals surface area (Å²) >= 11 is 0. The van der Waals surface area contributed by atoms with E-state index in [4.69, 9.17) is 0 Å². The Morgan fingerprint density at radius 3 is 1.59 bits per heavy atom. The van der Waals surface area contributed by atoms with Gasteiger partial charge < -0.3 is 0 Å². The maximum atomic E-state index is 11.3. The van der Waals surface area contributed by atoms with Crippen molar-refractivity contribution in [1.29, 1.82) is 0 Å². The monoisotopic (exact) mass is 284 g/mol. The van der Waals surface area contributed by atoms with E-state index in [0.29, 0.717) is 19.5 Å². The van der Waals surface area contributed by atoms with Crippen LogP contribution in [0.4, 0.5) is 0 Å². The molecule has 0 spiro atoms. The molecule has 2 unspecified atom stereocenters. The van der Waals surface area contributed by atoms with Gasteiger partial charge in [-0.15, -0.1) is 0 Å². The van der Waals surface area contributed by atoms with Crippen LogP contribution in [0.15, 0.2) is 0 Å². The van der Waals surface area contributed by atoms with Crippen molar-refractivity contribution in [3.05, 3.63) is 0 Å². The highest BCUT2D eigenvalue weighted by Crippen LogP contribution is 2.04. The number of sulfonamides is 2. The Bertz CT molecular complexity index is 430. The van der Waals surface area contributed by atoms with Gasteiger partial charge in [-0.2, -0.15) is 9.44 Å². The molecule has 2 saturated heterocycles. The van der Waals surface area contributed by atoms with E-state index in [1.165, 1.54) is 0 Å². The second-order valence-electron chi connectivity index (χ2n) is 4.12. The summed E-state index contributed by atoms with van der Waals surface area (Å²) in [5.74, 6) is 0.0979. The van der Waals surface area contributed by atoms with Crippen LogP contribution in [0.3, 0.4) is 0 Å². The zero-order valence-corrected chi connectivity index (χ0v) is 10.8. The Hall–Kier alpha value is -0.260. The summed E-state index contributed by atoms with van der Waals surface area (Å²) < 4.78 is 50.2. The van der Waals surface area contributed by atoms with Gasteiger partial charge in [-0.1, -0.05) is 0 Å². The Labute approximate surface area is 101 Å². The molecule has 2 fully saturated rings. The molecule has 0 aromatic heterocycles. The predicted molar refractivity (Wildman–Crippen MR) is 62.0 cm³/mol. The van der Waals surface area contributed by atoms with Crippen molar-refractivity contribution in [3.8, 4) is 0 Å². The molecule has 2 aliphatic rings. The van der Waals surface area contributed by atoms with E-state index >= 15 is 0 Å². The van der Waals surface area contributed by atoms with E-state index in [1.807, 2.05) is 0 Å². The number of rotatable bonds is 2. The van der Waals surface area contributed by atoms with Crippen LogP contribution in [0, 0.1) is 0 Å². The van der Waals surface area contributed by atoms with E-state index in [-0.39, 0.29) is 11.5 Å². The average Bonchev–Trinajstić information content (AvgIpc) is 2.13. The lowest BCUT2D eigenvalue weighted by Crippen LogP contribution is -2.60. The highest BCUT2D eigenvalue weighted by atomic mass is 32.2. The van der Waals surface area contributed by atoms with Gasteiger partial charge in [0.15, 0.2) is 0 Å². The first-order valence-corrected chi connectivity index (χ1v) is 8.64. The van der Waals surface area contributed by atoms with E-state index in [9.17, 15) is 16.8 Å². The van der Waals surface area contributed by atoms with Crippen molar-refractivity contribution in [1.82, 2.24) is 20.1 Å². The third-order valence-electron chi connectivity index (χ3n) is 2.64.